The van der Waals surface area contributed by atoms with Crippen molar-refractivity contribution in [3.63, 3.8) is 0 Å². The van der Waals surface area contributed by atoms with Crippen molar-refractivity contribution in [3.8, 4) is 0 Å². The van der Waals surface area contributed by atoms with Crippen LogP contribution in [-0.2, 0) is 6.61 Å². The van der Waals surface area contributed by atoms with E-state index in [-0.39, 0.29) is 6.61 Å². The lowest BCUT2D eigenvalue weighted by Crippen LogP contribution is -1.92. The van der Waals surface area contributed by atoms with E-state index in [1.165, 1.54) is 0 Å². The Balaban J connectivity index is 2.94. The van der Waals surface area contributed by atoms with Crippen molar-refractivity contribution >= 4 is 23.4 Å². The van der Waals surface area contributed by atoms with Crippen LogP contribution in [0.3, 0.4) is 0 Å². The van der Waals surface area contributed by atoms with Gasteiger partial charge in [-0.05, 0) is 17.7 Å². The van der Waals surface area contributed by atoms with Crippen LogP contribution in [0, 0.1) is 0 Å². The van der Waals surface area contributed by atoms with Gasteiger partial charge in [-0.15, -0.1) is 11.8 Å². The third-order valence-electron chi connectivity index (χ3n) is 1.56. The molecule has 1 aromatic carbocycles. The van der Waals surface area contributed by atoms with Gasteiger partial charge >= 0.3 is 0 Å². The number of hydrogen-bond acceptors (Lipinski definition) is 2. The van der Waals surface area contributed by atoms with Crippen molar-refractivity contribution in [1.82, 2.24) is 0 Å². The Kier molecular flexibility index (Phi) is 4.10. The summed E-state index contributed by atoms with van der Waals surface area (Å²) in [5.41, 5.74) is 0.947. The Morgan fingerprint density at radius 3 is 2.69 bits per heavy atom. The normalized spacial score (nSPS) is 10.8. The van der Waals surface area contributed by atoms with E-state index < -0.39 is 0 Å². The van der Waals surface area contributed by atoms with E-state index in [1.807, 2.05) is 12.1 Å². The number of thioether (sulfide) groups is 1. The Hall–Kier alpha value is -0.180. The Labute approximate surface area is 88.1 Å². The molecule has 0 radical (unpaired) electrons. The molecule has 0 amide bonds. The number of rotatable bonds is 3. The highest BCUT2D eigenvalue weighted by Gasteiger charge is 2.05. The number of benzene rings is 1. The van der Waals surface area contributed by atoms with E-state index in [4.69, 9.17) is 16.7 Å². The second-order valence-corrected chi connectivity index (χ2v) is 5.13. The summed E-state index contributed by atoms with van der Waals surface area (Å²) < 4.78 is 0. The van der Waals surface area contributed by atoms with Crippen molar-refractivity contribution in [3.05, 3.63) is 28.8 Å². The van der Waals surface area contributed by atoms with Crippen LogP contribution < -0.4 is 0 Å². The highest BCUT2D eigenvalue weighted by Crippen LogP contribution is 2.29. The van der Waals surface area contributed by atoms with Crippen molar-refractivity contribution in [2.75, 3.05) is 0 Å². The number of aliphatic hydroxyl groups is 1. The second-order valence-electron chi connectivity index (χ2n) is 3.08. The lowest BCUT2D eigenvalue weighted by molar-refractivity contribution is 0.279. The van der Waals surface area contributed by atoms with Crippen LogP contribution >= 0.6 is 23.4 Å². The molecule has 0 spiro atoms. The van der Waals surface area contributed by atoms with Gasteiger partial charge in [-0.2, -0.15) is 0 Å². The van der Waals surface area contributed by atoms with Gasteiger partial charge in [-0.25, -0.2) is 0 Å². The lowest BCUT2D eigenvalue weighted by Gasteiger charge is -2.09. The maximum absolute atomic E-state index is 9.07. The first-order chi connectivity index (χ1) is 6.13. The molecule has 0 fully saturated rings. The highest BCUT2D eigenvalue weighted by molar-refractivity contribution is 8.00. The minimum atomic E-state index is 0.0756. The highest BCUT2D eigenvalue weighted by atomic mass is 35.5. The smallest absolute Gasteiger partial charge is 0.0692 e. The van der Waals surface area contributed by atoms with Crippen molar-refractivity contribution in [1.29, 1.82) is 0 Å². The predicted molar refractivity (Wildman–Crippen MR) is 58.4 cm³/mol. The molecule has 13 heavy (non-hydrogen) atoms. The van der Waals surface area contributed by atoms with Gasteiger partial charge in [-0.1, -0.05) is 31.5 Å². The van der Waals surface area contributed by atoms with Gasteiger partial charge in [-0.3, -0.25) is 0 Å². The molecule has 0 unspecified atom stereocenters. The van der Waals surface area contributed by atoms with Crippen LogP contribution in [0.1, 0.15) is 19.4 Å². The van der Waals surface area contributed by atoms with Gasteiger partial charge < -0.3 is 5.11 Å². The van der Waals surface area contributed by atoms with Gasteiger partial charge in [0, 0.05) is 15.2 Å². The average molecular weight is 217 g/mol. The van der Waals surface area contributed by atoms with Crippen molar-refractivity contribution in [2.24, 2.45) is 0 Å². The minimum Gasteiger partial charge on any atom is -0.392 e. The molecule has 0 bridgehead atoms. The molecule has 72 valence electrons. The largest absolute Gasteiger partial charge is 0.392 e. The molecule has 1 nitrogen and oxygen atoms in total. The quantitative estimate of drug-likeness (QED) is 0.783. The second kappa shape index (κ2) is 4.89. The fourth-order valence-electron chi connectivity index (χ4n) is 1.02. The molecule has 3 heteroatoms. The molecule has 1 N–H and O–H groups in total. The van der Waals surface area contributed by atoms with Gasteiger partial charge in [0.1, 0.15) is 0 Å². The zero-order valence-electron chi connectivity index (χ0n) is 7.75. The molecular weight excluding hydrogens is 204 g/mol. The molecule has 0 aromatic heterocycles. The van der Waals surface area contributed by atoms with E-state index in [1.54, 1.807) is 17.8 Å². The summed E-state index contributed by atoms with van der Waals surface area (Å²) in [5, 5.41) is 10.3. The Bertz CT molecular complexity index is 286. The first-order valence-corrected chi connectivity index (χ1v) is 5.45. The van der Waals surface area contributed by atoms with Crippen LogP contribution in [0.4, 0.5) is 0 Å². The van der Waals surface area contributed by atoms with E-state index in [2.05, 4.69) is 13.8 Å². The first-order valence-electron chi connectivity index (χ1n) is 4.19. The van der Waals surface area contributed by atoms with Crippen LogP contribution in [0.5, 0.6) is 0 Å². The van der Waals surface area contributed by atoms with E-state index in [0.29, 0.717) is 5.25 Å². The zero-order valence-corrected chi connectivity index (χ0v) is 9.32. The maximum Gasteiger partial charge on any atom is 0.0692 e. The van der Waals surface area contributed by atoms with E-state index in [9.17, 15) is 0 Å². The topological polar surface area (TPSA) is 20.2 Å². The zero-order chi connectivity index (χ0) is 9.84. The SMILES string of the molecule is CC(C)Sc1cc(Cl)ccc1CO. The van der Waals surface area contributed by atoms with Gasteiger partial charge in [0.15, 0.2) is 0 Å². The summed E-state index contributed by atoms with van der Waals surface area (Å²) in [7, 11) is 0. The summed E-state index contributed by atoms with van der Waals surface area (Å²) >= 11 is 7.58. The minimum absolute atomic E-state index is 0.0756. The summed E-state index contributed by atoms with van der Waals surface area (Å²) in [6.45, 7) is 4.31. The van der Waals surface area contributed by atoms with Crippen LogP contribution in [0.2, 0.25) is 5.02 Å². The van der Waals surface area contributed by atoms with Crippen molar-refractivity contribution in [2.45, 2.75) is 30.6 Å². The average Bonchev–Trinajstić information content (AvgIpc) is 2.03. The molecule has 0 aliphatic heterocycles. The fourth-order valence-corrected chi connectivity index (χ4v) is 2.25. The standard InChI is InChI=1S/C10H13ClOS/c1-7(2)13-10-5-9(11)4-3-8(10)6-12/h3-5,7,12H,6H2,1-2H3. The molecule has 0 aliphatic rings. The Morgan fingerprint density at radius 2 is 2.15 bits per heavy atom. The molecular formula is C10H13ClOS. The van der Waals surface area contributed by atoms with Crippen LogP contribution in [0.25, 0.3) is 0 Å². The summed E-state index contributed by atoms with van der Waals surface area (Å²) in [4.78, 5) is 1.07. The van der Waals surface area contributed by atoms with E-state index >= 15 is 0 Å². The summed E-state index contributed by atoms with van der Waals surface area (Å²) in [5.74, 6) is 0. The lowest BCUT2D eigenvalue weighted by atomic mass is 10.2. The van der Waals surface area contributed by atoms with Crippen LogP contribution in [-0.4, -0.2) is 10.4 Å². The van der Waals surface area contributed by atoms with Gasteiger partial charge in [0.05, 0.1) is 6.61 Å². The molecule has 1 aromatic rings. The van der Waals surface area contributed by atoms with Crippen LogP contribution in [0.15, 0.2) is 23.1 Å². The molecule has 0 aliphatic carbocycles. The monoisotopic (exact) mass is 216 g/mol. The molecule has 0 atom stereocenters. The Morgan fingerprint density at radius 1 is 1.46 bits per heavy atom. The fraction of sp³-hybridized carbons (Fsp3) is 0.400. The number of hydrogen-bond donors (Lipinski definition) is 1. The summed E-state index contributed by atoms with van der Waals surface area (Å²) in [6.07, 6.45) is 0. The summed E-state index contributed by atoms with van der Waals surface area (Å²) in [6, 6.07) is 5.57. The van der Waals surface area contributed by atoms with Gasteiger partial charge in [0.2, 0.25) is 0 Å². The van der Waals surface area contributed by atoms with E-state index in [0.717, 1.165) is 15.5 Å². The molecule has 0 saturated heterocycles. The third kappa shape index (κ3) is 3.22. The molecule has 1 rings (SSSR count). The molecule has 0 saturated carbocycles. The number of halogens is 1. The third-order valence-corrected chi connectivity index (χ3v) is 2.90. The first kappa shape index (κ1) is 10.9. The maximum atomic E-state index is 9.07. The van der Waals surface area contributed by atoms with Crippen molar-refractivity contribution < 1.29 is 5.11 Å². The van der Waals surface area contributed by atoms with Gasteiger partial charge in [0.25, 0.3) is 0 Å². The predicted octanol–water partition coefficient (Wildman–Crippen LogP) is 3.33. The number of aliphatic hydroxyl groups excluding tert-OH is 1. The molecule has 0 heterocycles.